The van der Waals surface area contributed by atoms with Crippen molar-refractivity contribution in [3.8, 4) is 11.1 Å². The van der Waals surface area contributed by atoms with Gasteiger partial charge in [0.15, 0.2) is 6.04 Å². The molecule has 1 aliphatic heterocycles. The van der Waals surface area contributed by atoms with Gasteiger partial charge in [-0.15, -0.1) is 0 Å². The normalized spacial score (nSPS) is 18.9. The van der Waals surface area contributed by atoms with Gasteiger partial charge in [0.25, 0.3) is 5.91 Å². The van der Waals surface area contributed by atoms with Crippen LogP contribution in [0.25, 0.3) is 11.1 Å². The number of benzene rings is 2. The predicted octanol–water partition coefficient (Wildman–Crippen LogP) is 3.71. The van der Waals surface area contributed by atoms with E-state index in [-0.39, 0.29) is 12.0 Å². The van der Waals surface area contributed by atoms with Gasteiger partial charge in [-0.1, -0.05) is 55.8 Å². The van der Waals surface area contributed by atoms with Gasteiger partial charge in [0, 0.05) is 19.2 Å². The van der Waals surface area contributed by atoms with E-state index in [1.807, 2.05) is 24.3 Å². The van der Waals surface area contributed by atoms with Gasteiger partial charge in [-0.2, -0.15) is 0 Å². The molecule has 28 heavy (non-hydrogen) atoms. The molecule has 1 heterocycles. The van der Waals surface area contributed by atoms with Crippen molar-refractivity contribution in [2.45, 2.75) is 38.3 Å². The van der Waals surface area contributed by atoms with E-state index in [0.717, 1.165) is 24.0 Å². The molecule has 0 spiro atoms. The van der Waals surface area contributed by atoms with Crippen LogP contribution < -0.4 is 0 Å². The topological polar surface area (TPSA) is 55.8 Å². The minimum absolute atomic E-state index is 0.178. The van der Waals surface area contributed by atoms with Crippen LogP contribution in [-0.2, 0) is 20.7 Å². The molecule has 1 amide bonds. The summed E-state index contributed by atoms with van der Waals surface area (Å²) in [5.74, 6) is -0.623. The van der Waals surface area contributed by atoms with E-state index in [1.54, 1.807) is 12.0 Å². The number of rotatable bonds is 6. The first-order valence-corrected chi connectivity index (χ1v) is 9.70. The molecule has 0 N–H and O–H groups in total. The highest BCUT2D eigenvalue weighted by molar-refractivity contribution is 6.02. The first-order valence-electron chi connectivity index (χ1n) is 9.70. The molecule has 5 nitrogen and oxygen atoms in total. The molecule has 1 aliphatic rings. The molecule has 3 rings (SSSR count). The third-order valence-corrected chi connectivity index (χ3v) is 5.31. The van der Waals surface area contributed by atoms with Crippen LogP contribution in [0.3, 0.4) is 0 Å². The molecule has 0 saturated carbocycles. The molecular formula is C23H27NO4. The zero-order valence-electron chi connectivity index (χ0n) is 16.7. The van der Waals surface area contributed by atoms with Crippen LogP contribution in [0.5, 0.6) is 0 Å². The maximum atomic E-state index is 13.4. The number of likely N-dealkylation sites (tertiary alicyclic amines) is 1. The average Bonchev–Trinajstić information content (AvgIpc) is 3.17. The molecule has 0 bridgehead atoms. The van der Waals surface area contributed by atoms with Gasteiger partial charge in [0.2, 0.25) is 0 Å². The van der Waals surface area contributed by atoms with Crippen LogP contribution in [0.2, 0.25) is 0 Å². The second kappa shape index (κ2) is 9.02. The van der Waals surface area contributed by atoms with Crippen molar-refractivity contribution >= 4 is 11.9 Å². The van der Waals surface area contributed by atoms with E-state index in [2.05, 4.69) is 31.2 Å². The van der Waals surface area contributed by atoms with Crippen molar-refractivity contribution in [3.63, 3.8) is 0 Å². The SMILES string of the molecule is CCCc1ccc(-c2ccccc2C(=O)N2CC[C@@H](OC)[C@H]2C(=O)OC)cc1. The Labute approximate surface area is 166 Å². The Morgan fingerprint density at radius 2 is 1.79 bits per heavy atom. The quantitative estimate of drug-likeness (QED) is 0.716. The van der Waals surface area contributed by atoms with E-state index in [1.165, 1.54) is 12.7 Å². The summed E-state index contributed by atoms with van der Waals surface area (Å²) in [7, 11) is 2.89. The number of amides is 1. The Balaban J connectivity index is 1.93. The van der Waals surface area contributed by atoms with E-state index in [9.17, 15) is 9.59 Å². The van der Waals surface area contributed by atoms with E-state index in [0.29, 0.717) is 18.5 Å². The Morgan fingerprint density at radius 3 is 2.43 bits per heavy atom. The fraction of sp³-hybridized carbons (Fsp3) is 0.391. The van der Waals surface area contributed by atoms with Gasteiger partial charge < -0.3 is 14.4 Å². The highest BCUT2D eigenvalue weighted by Crippen LogP contribution is 2.29. The number of ether oxygens (including phenoxy) is 2. The molecule has 0 radical (unpaired) electrons. The summed E-state index contributed by atoms with van der Waals surface area (Å²) in [6.07, 6.45) is 2.39. The molecule has 148 valence electrons. The van der Waals surface area contributed by atoms with Crippen LogP contribution in [0.1, 0.15) is 35.7 Å². The van der Waals surface area contributed by atoms with E-state index < -0.39 is 12.0 Å². The number of methoxy groups -OCH3 is 2. The number of nitrogens with zero attached hydrogens (tertiary/aromatic N) is 1. The van der Waals surface area contributed by atoms with E-state index in [4.69, 9.17) is 9.47 Å². The maximum absolute atomic E-state index is 13.4. The zero-order chi connectivity index (χ0) is 20.1. The van der Waals surface area contributed by atoms with Crippen LogP contribution in [0, 0.1) is 0 Å². The number of aryl methyl sites for hydroxylation is 1. The molecule has 2 aromatic rings. The van der Waals surface area contributed by atoms with Gasteiger partial charge in [-0.05, 0) is 35.6 Å². The number of carbonyl (C=O) groups is 2. The van der Waals surface area contributed by atoms with Gasteiger partial charge >= 0.3 is 5.97 Å². The highest BCUT2D eigenvalue weighted by atomic mass is 16.5. The van der Waals surface area contributed by atoms with Crippen molar-refractivity contribution in [1.29, 1.82) is 0 Å². The van der Waals surface area contributed by atoms with Crippen molar-refractivity contribution in [3.05, 3.63) is 59.7 Å². The monoisotopic (exact) mass is 381 g/mol. The molecule has 2 atom stereocenters. The lowest BCUT2D eigenvalue weighted by Gasteiger charge is -2.26. The Kier molecular flexibility index (Phi) is 6.47. The molecular weight excluding hydrogens is 354 g/mol. The Bertz CT molecular complexity index is 831. The largest absolute Gasteiger partial charge is 0.467 e. The van der Waals surface area contributed by atoms with Crippen molar-refractivity contribution in [2.24, 2.45) is 0 Å². The van der Waals surface area contributed by atoms with E-state index >= 15 is 0 Å². The molecule has 0 unspecified atom stereocenters. The van der Waals surface area contributed by atoms with Crippen molar-refractivity contribution < 1.29 is 19.1 Å². The summed E-state index contributed by atoms with van der Waals surface area (Å²) in [5.41, 5.74) is 3.71. The summed E-state index contributed by atoms with van der Waals surface area (Å²) < 4.78 is 10.3. The van der Waals surface area contributed by atoms with Crippen LogP contribution >= 0.6 is 0 Å². The van der Waals surface area contributed by atoms with Crippen molar-refractivity contribution in [2.75, 3.05) is 20.8 Å². The van der Waals surface area contributed by atoms with Gasteiger partial charge in [-0.3, -0.25) is 4.79 Å². The molecule has 1 fully saturated rings. The highest BCUT2D eigenvalue weighted by Gasteiger charge is 2.43. The molecule has 0 aromatic heterocycles. The Morgan fingerprint density at radius 1 is 1.07 bits per heavy atom. The van der Waals surface area contributed by atoms with Crippen molar-refractivity contribution in [1.82, 2.24) is 4.90 Å². The molecule has 5 heteroatoms. The third kappa shape index (κ3) is 3.94. The minimum Gasteiger partial charge on any atom is -0.467 e. The first-order chi connectivity index (χ1) is 13.6. The summed E-state index contributed by atoms with van der Waals surface area (Å²) in [6.45, 7) is 2.61. The Hall–Kier alpha value is -2.66. The standard InChI is InChI=1S/C23H27NO4/c1-4-7-16-10-12-17(13-11-16)18-8-5-6-9-19(18)22(25)24-15-14-20(27-2)21(24)23(26)28-3/h5-6,8-13,20-21H,4,7,14-15H2,1-3H3/t20-,21+/m1/s1. The summed E-state index contributed by atoms with van der Waals surface area (Å²) >= 11 is 0. The summed E-state index contributed by atoms with van der Waals surface area (Å²) in [6, 6.07) is 15.1. The lowest BCUT2D eigenvalue weighted by molar-refractivity contribution is -0.148. The smallest absolute Gasteiger partial charge is 0.331 e. The second-order valence-electron chi connectivity index (χ2n) is 7.02. The lowest BCUT2D eigenvalue weighted by atomic mass is 9.97. The zero-order valence-corrected chi connectivity index (χ0v) is 16.7. The second-order valence-corrected chi connectivity index (χ2v) is 7.02. The predicted molar refractivity (Wildman–Crippen MR) is 108 cm³/mol. The van der Waals surface area contributed by atoms with Gasteiger partial charge in [0.1, 0.15) is 0 Å². The fourth-order valence-electron chi connectivity index (χ4n) is 3.85. The summed E-state index contributed by atoms with van der Waals surface area (Å²) in [4.78, 5) is 27.2. The van der Waals surface area contributed by atoms with Gasteiger partial charge in [-0.25, -0.2) is 4.79 Å². The third-order valence-electron chi connectivity index (χ3n) is 5.31. The first kappa shape index (κ1) is 20.1. The van der Waals surface area contributed by atoms with Crippen LogP contribution in [0.15, 0.2) is 48.5 Å². The maximum Gasteiger partial charge on any atom is 0.331 e. The van der Waals surface area contributed by atoms with Crippen LogP contribution in [-0.4, -0.2) is 49.7 Å². The summed E-state index contributed by atoms with van der Waals surface area (Å²) in [5, 5.41) is 0. The minimum atomic E-state index is -0.720. The number of hydrogen-bond acceptors (Lipinski definition) is 4. The molecule has 0 aliphatic carbocycles. The number of hydrogen-bond donors (Lipinski definition) is 0. The van der Waals surface area contributed by atoms with Gasteiger partial charge in [0.05, 0.1) is 13.2 Å². The lowest BCUT2D eigenvalue weighted by Crippen LogP contribution is -2.46. The molecule has 1 saturated heterocycles. The average molecular weight is 381 g/mol. The number of carbonyl (C=O) groups excluding carboxylic acids is 2. The van der Waals surface area contributed by atoms with Crippen LogP contribution in [0.4, 0.5) is 0 Å². The molecule has 2 aromatic carbocycles. The number of esters is 1. The fourth-order valence-corrected chi connectivity index (χ4v) is 3.85.